The van der Waals surface area contributed by atoms with Crippen LogP contribution in [0.4, 0.5) is 19.1 Å². The average Bonchev–Trinajstić information content (AvgIpc) is 2.15. The number of anilines is 1. The highest BCUT2D eigenvalue weighted by atomic mass is 19.4. The normalized spacial score (nSPS) is 11.1. The molecular formula is C7H5F3N4O3. The van der Waals surface area contributed by atoms with Crippen LogP contribution in [0.25, 0.3) is 0 Å². The number of hydrogen-bond acceptors (Lipinski definition) is 5. The Bertz CT molecular complexity index is 474. The number of carboxylic acid groups (broad SMARTS) is 1. The summed E-state index contributed by atoms with van der Waals surface area (Å²) in [6.45, 7) is 1.21. The van der Waals surface area contributed by atoms with Crippen LogP contribution >= 0.6 is 0 Å². The molecule has 0 unspecified atom stereocenters. The van der Waals surface area contributed by atoms with Crippen LogP contribution in [0.15, 0.2) is 0 Å². The summed E-state index contributed by atoms with van der Waals surface area (Å²) in [6.07, 6.45) is -5.08. The lowest BCUT2D eigenvalue weighted by atomic mass is 10.3. The third-order valence-electron chi connectivity index (χ3n) is 1.55. The van der Waals surface area contributed by atoms with E-state index in [4.69, 9.17) is 5.11 Å². The molecule has 0 radical (unpaired) electrons. The molecule has 0 aliphatic heterocycles. The van der Waals surface area contributed by atoms with E-state index in [0.29, 0.717) is 0 Å². The summed E-state index contributed by atoms with van der Waals surface area (Å²) in [5.41, 5.74) is -0.667. The predicted molar refractivity (Wildman–Crippen MR) is 46.2 cm³/mol. The van der Waals surface area contributed by atoms with Gasteiger partial charge in [-0.2, -0.15) is 13.2 Å². The fourth-order valence-electron chi connectivity index (χ4n) is 0.827. The highest BCUT2D eigenvalue weighted by Gasteiger charge is 2.39. The summed E-state index contributed by atoms with van der Waals surface area (Å²) in [7, 11) is 0. The van der Waals surface area contributed by atoms with Gasteiger partial charge in [-0.1, -0.05) is 0 Å². The van der Waals surface area contributed by atoms with Gasteiger partial charge < -0.3 is 5.11 Å². The van der Waals surface area contributed by atoms with Crippen molar-refractivity contribution in [2.24, 2.45) is 0 Å². The molecule has 0 aliphatic carbocycles. The number of amides is 1. The van der Waals surface area contributed by atoms with Crippen molar-refractivity contribution < 1.29 is 27.9 Å². The Hall–Kier alpha value is -2.26. The number of hydrogen-bond donors (Lipinski definition) is 2. The van der Waals surface area contributed by atoms with Crippen LogP contribution in [0.1, 0.15) is 16.2 Å². The van der Waals surface area contributed by atoms with E-state index in [1.54, 1.807) is 0 Å². The Balaban J connectivity index is 2.92. The van der Waals surface area contributed by atoms with Crippen molar-refractivity contribution in [2.45, 2.75) is 13.1 Å². The number of carbonyl (C=O) groups is 2. The molecule has 92 valence electrons. The number of rotatable bonds is 2. The zero-order chi connectivity index (χ0) is 13.2. The molecule has 0 spiro atoms. The highest BCUT2D eigenvalue weighted by molar-refractivity contribution is 5.93. The van der Waals surface area contributed by atoms with Crippen LogP contribution in [-0.2, 0) is 4.79 Å². The smallest absolute Gasteiger partial charge is 0.471 e. The lowest BCUT2D eigenvalue weighted by Crippen LogP contribution is -2.31. The number of aryl methyl sites for hydroxylation is 1. The molecule has 0 aliphatic rings. The largest absolute Gasteiger partial charge is 0.476 e. The number of aromatic nitrogens is 3. The number of carbonyl (C=O) groups excluding carboxylic acids is 1. The molecule has 1 amide bonds. The van der Waals surface area contributed by atoms with Crippen LogP contribution in [0.2, 0.25) is 0 Å². The second-order valence-electron chi connectivity index (χ2n) is 2.83. The van der Waals surface area contributed by atoms with Crippen molar-refractivity contribution in [3.8, 4) is 0 Å². The van der Waals surface area contributed by atoms with E-state index >= 15 is 0 Å². The Kier molecular flexibility index (Phi) is 3.25. The second-order valence-corrected chi connectivity index (χ2v) is 2.83. The van der Waals surface area contributed by atoms with Crippen molar-refractivity contribution >= 4 is 17.8 Å². The first kappa shape index (κ1) is 12.8. The molecule has 1 aromatic heterocycles. The molecule has 0 saturated carbocycles. The zero-order valence-electron chi connectivity index (χ0n) is 8.24. The fraction of sp³-hybridized carbons (Fsp3) is 0.286. The molecule has 10 heteroatoms. The first-order valence-corrected chi connectivity index (χ1v) is 4.04. The highest BCUT2D eigenvalue weighted by Crippen LogP contribution is 2.16. The molecule has 2 N–H and O–H groups in total. The standard InChI is InChI=1S/C7H5F3N4O3/c1-2-3(4(15)16)13-14-6(11-2)12-5(17)7(8,9)10/h1H3,(H,15,16)(H,11,12,14,17). The van der Waals surface area contributed by atoms with E-state index in [-0.39, 0.29) is 5.69 Å². The van der Waals surface area contributed by atoms with Gasteiger partial charge in [-0.3, -0.25) is 10.1 Å². The summed E-state index contributed by atoms with van der Waals surface area (Å²) < 4.78 is 35.6. The zero-order valence-corrected chi connectivity index (χ0v) is 8.24. The van der Waals surface area contributed by atoms with Gasteiger partial charge in [0.2, 0.25) is 5.95 Å². The van der Waals surface area contributed by atoms with Gasteiger partial charge in [-0.05, 0) is 6.92 Å². The van der Waals surface area contributed by atoms with E-state index in [9.17, 15) is 22.8 Å². The summed E-state index contributed by atoms with van der Waals surface area (Å²) in [6, 6.07) is 0. The summed E-state index contributed by atoms with van der Waals surface area (Å²) in [5.74, 6) is -4.40. The SMILES string of the molecule is Cc1nc(NC(=O)C(F)(F)F)nnc1C(=O)O. The van der Waals surface area contributed by atoms with Gasteiger partial charge in [0.15, 0.2) is 5.69 Å². The fourth-order valence-corrected chi connectivity index (χ4v) is 0.827. The van der Waals surface area contributed by atoms with Gasteiger partial charge >= 0.3 is 18.1 Å². The first-order valence-electron chi connectivity index (χ1n) is 4.04. The molecule has 0 atom stereocenters. The monoisotopic (exact) mass is 250 g/mol. The maximum absolute atomic E-state index is 11.9. The lowest BCUT2D eigenvalue weighted by Gasteiger charge is -2.06. The maximum atomic E-state index is 11.9. The third-order valence-corrected chi connectivity index (χ3v) is 1.55. The van der Waals surface area contributed by atoms with Crippen molar-refractivity contribution in [2.75, 3.05) is 5.32 Å². The topological polar surface area (TPSA) is 105 Å². The summed E-state index contributed by atoms with van der Waals surface area (Å²) in [4.78, 5) is 24.4. The van der Waals surface area contributed by atoms with Crippen LogP contribution < -0.4 is 5.32 Å². The van der Waals surface area contributed by atoms with E-state index in [2.05, 4.69) is 15.2 Å². The van der Waals surface area contributed by atoms with Crippen LogP contribution in [0.3, 0.4) is 0 Å². The number of alkyl halides is 3. The molecule has 0 bridgehead atoms. The minimum absolute atomic E-state index is 0.162. The van der Waals surface area contributed by atoms with E-state index in [1.165, 1.54) is 12.2 Å². The molecule has 0 aromatic carbocycles. The predicted octanol–water partition coefficient (Wildman–Crippen LogP) is 0.379. The van der Waals surface area contributed by atoms with Crippen molar-refractivity contribution in [3.63, 3.8) is 0 Å². The quantitative estimate of drug-likeness (QED) is 0.786. The minimum atomic E-state index is -5.08. The lowest BCUT2D eigenvalue weighted by molar-refractivity contribution is -0.167. The van der Waals surface area contributed by atoms with Gasteiger partial charge in [0.25, 0.3) is 0 Å². The van der Waals surface area contributed by atoms with Gasteiger partial charge in [0.05, 0.1) is 5.69 Å². The molecule has 0 saturated heterocycles. The van der Waals surface area contributed by atoms with Gasteiger partial charge in [0, 0.05) is 0 Å². The van der Waals surface area contributed by atoms with Gasteiger partial charge in [0.1, 0.15) is 0 Å². The van der Waals surface area contributed by atoms with Crippen molar-refractivity contribution in [1.29, 1.82) is 0 Å². The molecule has 17 heavy (non-hydrogen) atoms. The molecule has 0 fully saturated rings. The molecule has 7 nitrogen and oxygen atoms in total. The molecule has 1 rings (SSSR count). The van der Waals surface area contributed by atoms with Crippen LogP contribution in [0.5, 0.6) is 0 Å². The molecular weight excluding hydrogens is 245 g/mol. The Morgan fingerprint density at radius 1 is 1.29 bits per heavy atom. The number of nitrogens with one attached hydrogen (secondary N) is 1. The number of carboxylic acids is 1. The number of aromatic carboxylic acids is 1. The number of nitrogens with zero attached hydrogens (tertiary/aromatic N) is 3. The second kappa shape index (κ2) is 4.31. The van der Waals surface area contributed by atoms with Gasteiger partial charge in [-0.15, -0.1) is 10.2 Å². The van der Waals surface area contributed by atoms with Gasteiger partial charge in [-0.25, -0.2) is 9.78 Å². The Morgan fingerprint density at radius 3 is 2.29 bits per heavy atom. The van der Waals surface area contributed by atoms with E-state index in [0.717, 1.165) is 0 Å². The average molecular weight is 250 g/mol. The summed E-state index contributed by atoms with van der Waals surface area (Å²) in [5, 5.41) is 16.1. The minimum Gasteiger partial charge on any atom is -0.476 e. The number of halogens is 3. The van der Waals surface area contributed by atoms with Crippen molar-refractivity contribution in [1.82, 2.24) is 15.2 Å². The summed E-state index contributed by atoms with van der Waals surface area (Å²) >= 11 is 0. The van der Waals surface area contributed by atoms with Crippen LogP contribution in [-0.4, -0.2) is 38.3 Å². The van der Waals surface area contributed by atoms with Crippen LogP contribution in [0, 0.1) is 6.92 Å². The molecule has 1 heterocycles. The third kappa shape index (κ3) is 3.09. The Morgan fingerprint density at radius 2 is 1.88 bits per heavy atom. The van der Waals surface area contributed by atoms with E-state index < -0.39 is 29.7 Å². The first-order chi connectivity index (χ1) is 7.71. The van der Waals surface area contributed by atoms with E-state index in [1.807, 2.05) is 0 Å². The Labute approximate surface area is 91.7 Å². The molecule has 1 aromatic rings. The maximum Gasteiger partial charge on any atom is 0.471 e. The van der Waals surface area contributed by atoms with Crippen molar-refractivity contribution in [3.05, 3.63) is 11.4 Å².